The summed E-state index contributed by atoms with van der Waals surface area (Å²) in [6.07, 6.45) is 2.56. The summed E-state index contributed by atoms with van der Waals surface area (Å²) >= 11 is 1.38. The van der Waals surface area contributed by atoms with Gasteiger partial charge in [-0.1, -0.05) is 23.8 Å². The Morgan fingerprint density at radius 3 is 2.84 bits per heavy atom. The Kier molecular flexibility index (Phi) is 5.18. The molecule has 1 atom stereocenters. The zero-order valence-corrected chi connectivity index (χ0v) is 15.6. The van der Waals surface area contributed by atoms with Gasteiger partial charge in [0.15, 0.2) is 0 Å². The molecule has 1 saturated heterocycles. The summed E-state index contributed by atoms with van der Waals surface area (Å²) in [6, 6.07) is 5.75. The number of aryl methyl sites for hydroxylation is 3. The van der Waals surface area contributed by atoms with Crippen LogP contribution in [0.4, 0.5) is 0 Å². The predicted molar refractivity (Wildman–Crippen MR) is 99.9 cm³/mol. The SMILES string of the molecule is Cc1ccc(-c2nc(C)c(C(=O)NC3CCCCNC3=O)s2)c(C)c1. The molecule has 0 saturated carbocycles. The summed E-state index contributed by atoms with van der Waals surface area (Å²) in [4.78, 5) is 29.8. The van der Waals surface area contributed by atoms with Crippen molar-refractivity contribution in [2.45, 2.75) is 46.1 Å². The van der Waals surface area contributed by atoms with Crippen LogP contribution in [-0.2, 0) is 4.79 Å². The van der Waals surface area contributed by atoms with Gasteiger partial charge in [-0.05, 0) is 45.6 Å². The number of benzene rings is 1. The van der Waals surface area contributed by atoms with E-state index in [-0.39, 0.29) is 11.8 Å². The van der Waals surface area contributed by atoms with E-state index >= 15 is 0 Å². The molecule has 2 aromatic rings. The molecule has 2 heterocycles. The number of aromatic nitrogens is 1. The van der Waals surface area contributed by atoms with Crippen molar-refractivity contribution >= 4 is 23.2 Å². The van der Waals surface area contributed by atoms with Gasteiger partial charge in [0.05, 0.1) is 5.69 Å². The summed E-state index contributed by atoms with van der Waals surface area (Å²) in [7, 11) is 0. The van der Waals surface area contributed by atoms with Gasteiger partial charge in [0.25, 0.3) is 5.91 Å². The maximum absolute atomic E-state index is 12.7. The molecule has 1 fully saturated rings. The van der Waals surface area contributed by atoms with Gasteiger partial charge >= 0.3 is 0 Å². The number of thiazole rings is 1. The van der Waals surface area contributed by atoms with Gasteiger partial charge in [-0.25, -0.2) is 4.98 Å². The van der Waals surface area contributed by atoms with Crippen LogP contribution in [0.2, 0.25) is 0 Å². The number of carbonyl (C=O) groups is 2. The van der Waals surface area contributed by atoms with Crippen LogP contribution in [0.5, 0.6) is 0 Å². The van der Waals surface area contributed by atoms with E-state index < -0.39 is 6.04 Å². The lowest BCUT2D eigenvalue weighted by atomic mass is 10.1. The second kappa shape index (κ2) is 7.35. The van der Waals surface area contributed by atoms with Crippen molar-refractivity contribution in [2.75, 3.05) is 6.54 Å². The smallest absolute Gasteiger partial charge is 0.263 e. The number of amides is 2. The van der Waals surface area contributed by atoms with Gasteiger partial charge in [-0.3, -0.25) is 9.59 Å². The van der Waals surface area contributed by atoms with Gasteiger partial charge in [0.1, 0.15) is 15.9 Å². The Hall–Kier alpha value is -2.21. The first kappa shape index (κ1) is 17.6. The first-order valence-corrected chi connectivity index (χ1v) is 9.41. The number of carbonyl (C=O) groups excluding carboxylic acids is 2. The van der Waals surface area contributed by atoms with E-state index in [1.54, 1.807) is 0 Å². The molecule has 1 unspecified atom stereocenters. The largest absolute Gasteiger partial charge is 0.354 e. The minimum Gasteiger partial charge on any atom is -0.354 e. The van der Waals surface area contributed by atoms with E-state index in [1.807, 2.05) is 13.0 Å². The molecule has 0 bridgehead atoms. The second-order valence-electron chi connectivity index (χ2n) is 6.56. The number of hydrogen-bond acceptors (Lipinski definition) is 4. The summed E-state index contributed by atoms with van der Waals surface area (Å²) in [5, 5.41) is 6.56. The molecule has 5 nitrogen and oxygen atoms in total. The molecule has 1 aromatic heterocycles. The van der Waals surface area contributed by atoms with E-state index in [0.717, 1.165) is 29.0 Å². The molecule has 2 N–H and O–H groups in total. The zero-order chi connectivity index (χ0) is 18.0. The fourth-order valence-corrected chi connectivity index (χ4v) is 4.14. The molecule has 3 rings (SSSR count). The van der Waals surface area contributed by atoms with E-state index in [0.29, 0.717) is 23.5 Å². The molecule has 132 valence electrons. The molecule has 0 aliphatic carbocycles. The van der Waals surface area contributed by atoms with Gasteiger partial charge in [-0.2, -0.15) is 0 Å². The normalized spacial score (nSPS) is 17.7. The Morgan fingerprint density at radius 1 is 1.28 bits per heavy atom. The highest BCUT2D eigenvalue weighted by Gasteiger charge is 2.25. The fraction of sp³-hybridized carbons (Fsp3) is 0.421. The molecular formula is C19H23N3O2S. The van der Waals surface area contributed by atoms with E-state index in [2.05, 4.69) is 41.6 Å². The van der Waals surface area contributed by atoms with Crippen LogP contribution in [0, 0.1) is 20.8 Å². The summed E-state index contributed by atoms with van der Waals surface area (Å²) < 4.78 is 0. The first-order valence-electron chi connectivity index (χ1n) is 8.59. The fourth-order valence-electron chi connectivity index (χ4n) is 3.08. The highest BCUT2D eigenvalue weighted by Crippen LogP contribution is 2.30. The minimum absolute atomic E-state index is 0.0948. The lowest BCUT2D eigenvalue weighted by molar-refractivity contribution is -0.122. The Labute approximate surface area is 151 Å². The van der Waals surface area contributed by atoms with Crippen molar-refractivity contribution in [3.05, 3.63) is 39.9 Å². The molecule has 0 radical (unpaired) electrons. The monoisotopic (exact) mass is 357 g/mol. The Bertz CT molecular complexity index is 813. The Balaban J connectivity index is 1.82. The zero-order valence-electron chi connectivity index (χ0n) is 14.8. The van der Waals surface area contributed by atoms with Gasteiger partial charge < -0.3 is 10.6 Å². The molecule has 0 spiro atoms. The number of nitrogens with zero attached hydrogens (tertiary/aromatic N) is 1. The van der Waals surface area contributed by atoms with Crippen LogP contribution in [0.25, 0.3) is 10.6 Å². The number of rotatable bonds is 3. The van der Waals surface area contributed by atoms with E-state index in [4.69, 9.17) is 0 Å². The summed E-state index contributed by atoms with van der Waals surface area (Å²) in [6.45, 7) is 6.63. The van der Waals surface area contributed by atoms with Gasteiger partial charge in [-0.15, -0.1) is 11.3 Å². The molecule has 1 aromatic carbocycles. The topological polar surface area (TPSA) is 71.1 Å². The van der Waals surface area contributed by atoms with Crippen LogP contribution in [0.15, 0.2) is 18.2 Å². The molecule has 25 heavy (non-hydrogen) atoms. The number of hydrogen-bond donors (Lipinski definition) is 2. The van der Waals surface area contributed by atoms with Crippen molar-refractivity contribution in [2.24, 2.45) is 0 Å². The maximum Gasteiger partial charge on any atom is 0.263 e. The summed E-state index contributed by atoms with van der Waals surface area (Å²) in [5.74, 6) is -0.310. The van der Waals surface area contributed by atoms with Crippen LogP contribution >= 0.6 is 11.3 Å². The standard InChI is InChI=1S/C19H23N3O2S/c1-11-7-8-14(12(2)10-11)19-21-13(3)16(25-19)18(24)22-15-6-4-5-9-20-17(15)23/h7-8,10,15H,4-6,9H2,1-3H3,(H,20,23)(H,22,24). The highest BCUT2D eigenvalue weighted by molar-refractivity contribution is 7.17. The third-order valence-electron chi connectivity index (χ3n) is 4.46. The quantitative estimate of drug-likeness (QED) is 0.886. The first-order chi connectivity index (χ1) is 12.0. The molecule has 6 heteroatoms. The van der Waals surface area contributed by atoms with E-state index in [1.165, 1.54) is 16.9 Å². The minimum atomic E-state index is -0.457. The predicted octanol–water partition coefficient (Wildman–Crippen LogP) is 3.13. The van der Waals surface area contributed by atoms with Crippen LogP contribution in [0.3, 0.4) is 0 Å². The third-order valence-corrected chi connectivity index (χ3v) is 5.65. The van der Waals surface area contributed by atoms with Crippen molar-refractivity contribution in [3.8, 4) is 10.6 Å². The van der Waals surface area contributed by atoms with Crippen LogP contribution in [0.1, 0.15) is 45.8 Å². The lowest BCUT2D eigenvalue weighted by Crippen LogP contribution is -2.45. The average Bonchev–Trinajstić information content (AvgIpc) is 2.83. The molecule has 2 amide bonds. The van der Waals surface area contributed by atoms with Gasteiger partial charge in [0, 0.05) is 12.1 Å². The molecule has 1 aliphatic rings. The molecule has 1 aliphatic heterocycles. The number of nitrogens with one attached hydrogen (secondary N) is 2. The average molecular weight is 357 g/mol. The summed E-state index contributed by atoms with van der Waals surface area (Å²) in [5.41, 5.74) is 4.09. The Morgan fingerprint density at radius 2 is 2.08 bits per heavy atom. The lowest BCUT2D eigenvalue weighted by Gasteiger charge is -2.14. The maximum atomic E-state index is 12.7. The van der Waals surface area contributed by atoms with Crippen molar-refractivity contribution in [1.29, 1.82) is 0 Å². The third kappa shape index (κ3) is 3.90. The van der Waals surface area contributed by atoms with Crippen LogP contribution < -0.4 is 10.6 Å². The molecular weight excluding hydrogens is 334 g/mol. The van der Waals surface area contributed by atoms with Crippen molar-refractivity contribution in [3.63, 3.8) is 0 Å². The second-order valence-corrected chi connectivity index (χ2v) is 7.56. The van der Waals surface area contributed by atoms with Crippen LogP contribution in [-0.4, -0.2) is 29.4 Å². The highest BCUT2D eigenvalue weighted by atomic mass is 32.1. The van der Waals surface area contributed by atoms with Gasteiger partial charge in [0.2, 0.25) is 5.91 Å². The van der Waals surface area contributed by atoms with E-state index in [9.17, 15) is 9.59 Å². The van der Waals surface area contributed by atoms with Crippen molar-refractivity contribution in [1.82, 2.24) is 15.6 Å². The van der Waals surface area contributed by atoms with Crippen molar-refractivity contribution < 1.29 is 9.59 Å².